The van der Waals surface area contributed by atoms with Crippen LogP contribution in [0.4, 0.5) is 109 Å². The first-order valence-electron chi connectivity index (χ1n) is 44.6. The lowest BCUT2D eigenvalue weighted by Crippen LogP contribution is -2.43. The predicted octanol–water partition coefficient (Wildman–Crippen LogP) is 19.4. The maximum atomic E-state index is 15.0. The Labute approximate surface area is 819 Å². The fraction of sp³-hybridized carbons (Fsp3) is 0.307. The van der Waals surface area contributed by atoms with Crippen LogP contribution in [0.3, 0.4) is 0 Å². The molecule has 15 rings (SSSR count). The first-order chi connectivity index (χ1) is 69.1. The van der Waals surface area contributed by atoms with Gasteiger partial charge in [-0.25, -0.2) is 40.7 Å². The largest absolute Gasteiger partial charge is 0.495 e. The molecular formula is C101H87F21N12O13. The number of pyridine rings is 6. The van der Waals surface area contributed by atoms with Gasteiger partial charge in [0.05, 0.1) is 78.3 Å². The number of esters is 3. The molecule has 147 heavy (non-hydrogen) atoms. The van der Waals surface area contributed by atoms with Gasteiger partial charge in [0.2, 0.25) is 0 Å². The van der Waals surface area contributed by atoms with Gasteiger partial charge in [0.25, 0.3) is 34.4 Å². The van der Waals surface area contributed by atoms with Gasteiger partial charge >= 0.3 is 48.8 Å². The molecule has 25 nitrogen and oxygen atoms in total. The molecule has 6 heterocycles. The molecule has 0 saturated heterocycles. The summed E-state index contributed by atoms with van der Waals surface area (Å²) in [5.74, 6) is -16.8. The highest BCUT2D eigenvalue weighted by atomic mass is 19.4. The van der Waals surface area contributed by atoms with Crippen molar-refractivity contribution in [2.75, 3.05) is 44.4 Å². The molecule has 0 bridgehead atoms. The minimum Gasteiger partial charge on any atom is -0.495 e. The van der Waals surface area contributed by atoms with Crippen LogP contribution < -0.4 is 53.3 Å². The number of anilines is 3. The third-order valence-corrected chi connectivity index (χ3v) is 24.8. The number of aromatic nitrogens is 6. The third kappa shape index (κ3) is 23.7. The fourth-order valence-corrected chi connectivity index (χ4v) is 17.0. The van der Waals surface area contributed by atoms with Crippen molar-refractivity contribution in [1.29, 1.82) is 0 Å². The molecule has 6 N–H and O–H groups in total. The Hall–Kier alpha value is -15.6. The highest BCUT2D eigenvalue weighted by Gasteiger charge is 2.50. The molecule has 3 amide bonds. The van der Waals surface area contributed by atoms with E-state index in [0.29, 0.717) is 87.9 Å². The molecule has 13 aromatic rings. The lowest BCUT2D eigenvalue weighted by atomic mass is 9.92. The second kappa shape index (κ2) is 43.4. The van der Waals surface area contributed by atoms with E-state index in [2.05, 4.69) is 36.2 Å². The average molecular weight is 2080 g/mol. The summed E-state index contributed by atoms with van der Waals surface area (Å²) in [6.07, 6.45) is -19.4. The summed E-state index contributed by atoms with van der Waals surface area (Å²) in [4.78, 5) is 131. The van der Waals surface area contributed by atoms with E-state index in [-0.39, 0.29) is 91.8 Å². The number of carbonyl (C=O) groups is 6. The molecule has 2 fully saturated rings. The predicted molar refractivity (Wildman–Crippen MR) is 497 cm³/mol. The minimum atomic E-state index is -4.90. The summed E-state index contributed by atoms with van der Waals surface area (Å²) >= 11 is 0. The number of methoxy groups -OCH3 is 4. The minimum absolute atomic E-state index is 0.0221. The fourth-order valence-electron chi connectivity index (χ4n) is 17.0. The summed E-state index contributed by atoms with van der Waals surface area (Å²) in [5, 5.41) is 14.2. The first kappa shape index (κ1) is 109. The molecule has 0 unspecified atom stereocenters. The average Bonchev–Trinajstić information content (AvgIpc) is 1.73. The smallest absolute Gasteiger partial charge is 0.417 e. The summed E-state index contributed by atoms with van der Waals surface area (Å²) in [6, 6.07) is 18.8. The number of hydrogen-bond acceptors (Lipinski definition) is 19. The number of halogens is 21. The Kier molecular flexibility index (Phi) is 32.1. The number of carbonyl (C=O) groups excluding carboxylic acids is 6. The number of alkyl halides is 15. The molecule has 6 aromatic heterocycles. The maximum Gasteiger partial charge on any atom is 0.417 e. The van der Waals surface area contributed by atoms with Gasteiger partial charge in [-0.2, -0.15) is 65.9 Å². The van der Waals surface area contributed by atoms with Crippen molar-refractivity contribution in [3.05, 3.63) is 286 Å². The van der Waals surface area contributed by atoms with Crippen LogP contribution in [-0.4, -0.2) is 148 Å². The molecule has 0 aliphatic heterocycles. The Morgan fingerprint density at radius 1 is 0.415 bits per heavy atom. The molecular weight excluding hydrogens is 1990 g/mol. The first-order valence-corrected chi connectivity index (χ1v) is 44.6. The quantitative estimate of drug-likeness (QED) is 0.0151. The Morgan fingerprint density at radius 2 is 0.769 bits per heavy atom. The van der Waals surface area contributed by atoms with Crippen LogP contribution in [-0.2, 0) is 81.4 Å². The summed E-state index contributed by atoms with van der Waals surface area (Å²) < 4.78 is 318. The summed E-state index contributed by atoms with van der Waals surface area (Å²) in [7, 11) is 8.84. The number of nitrogens with zero attached hydrogens (tertiary/aromatic N) is 6. The number of fused-ring (bicyclic) bond motifs is 4. The van der Waals surface area contributed by atoms with Crippen molar-refractivity contribution < 1.29 is 140 Å². The molecule has 2 saturated carbocycles. The van der Waals surface area contributed by atoms with E-state index < -0.39 is 230 Å². The molecule has 776 valence electrons. The van der Waals surface area contributed by atoms with Crippen LogP contribution in [0.25, 0.3) is 77.0 Å². The third-order valence-electron chi connectivity index (χ3n) is 24.8. The summed E-state index contributed by atoms with van der Waals surface area (Å²) in [6.45, 7) is 3.33. The topological polar surface area (TPSA) is 316 Å². The van der Waals surface area contributed by atoms with Crippen molar-refractivity contribution in [3.8, 4) is 39.1 Å². The van der Waals surface area contributed by atoms with Crippen LogP contribution in [0.5, 0.6) is 5.75 Å². The molecule has 0 spiro atoms. The van der Waals surface area contributed by atoms with Crippen LogP contribution in [0.2, 0.25) is 0 Å². The molecule has 46 heteroatoms. The standard InChI is InChI=1S/C34H30F8N4O4.C34H29F5N4O5.C33H28F8N4O4/c1-4-26(34(40,41)42)44-18-13-22(35)28(23(36)14-18)30(47)45-24(32(49)50-3)12-17-9-10-20(29-19(17)6-5-11-43-29)27-21(33(37,38)39)15-25(16-7-8-16)46(2)31(27)48;1-17(34(37,38)39)41-19-15-23(35)28(24(36)16-19)31(44)42-25(33(46)48-4)14-18-11-12-22(29-20(18)9-7-13-40-29)27-30(47-3)21-8-5-6-10-26(21)43(2)32(27)45;1-15-11-21(32(36,37)38)25(30(47)45(15)2)20-9-8-17(19-5-4-10-42-27(19)20)12-24(31(48)49-3)44-29(46)26-22(34)13-18(14-23(26)35)43-28(16-6-7-16)33(39,40)41/h5-6,9-11,13-16,24,26,44H,4,7-8,12H2,1-3H3,(H,45,47);5-13,15-17,25,41H,14H2,1-4H3,(H,42,44);4-5,8-11,13-14,16,24,28,43H,6-7,12H2,1-3H3,(H,44,46)/t24-,26+;17-,25+;24-,28+/m010/s1. The number of amides is 3. The van der Waals surface area contributed by atoms with Gasteiger partial charge in [-0.15, -0.1) is 0 Å². The van der Waals surface area contributed by atoms with Crippen molar-refractivity contribution in [1.82, 2.24) is 44.6 Å². The molecule has 2 aliphatic rings. The Balaban J connectivity index is 0.000000184. The molecule has 2 aliphatic carbocycles. The molecule has 7 aromatic carbocycles. The number of benzene rings is 7. The van der Waals surface area contributed by atoms with Gasteiger partial charge < -0.3 is 64.5 Å². The lowest BCUT2D eigenvalue weighted by molar-refractivity contribution is -0.147. The van der Waals surface area contributed by atoms with E-state index in [4.69, 9.17) is 18.9 Å². The van der Waals surface area contributed by atoms with E-state index in [1.165, 1.54) is 111 Å². The molecule has 6 atom stereocenters. The Bertz CT molecular complexity index is 7460. The van der Waals surface area contributed by atoms with Crippen LogP contribution in [0.1, 0.15) is 122 Å². The van der Waals surface area contributed by atoms with Crippen molar-refractivity contribution in [3.63, 3.8) is 0 Å². The zero-order valence-electron chi connectivity index (χ0n) is 78.8. The number of para-hydroxylation sites is 1. The van der Waals surface area contributed by atoms with Crippen molar-refractivity contribution >= 4 is 96.3 Å². The van der Waals surface area contributed by atoms with Gasteiger partial charge in [-0.3, -0.25) is 43.7 Å². The number of hydrogen-bond donors (Lipinski definition) is 6. The Morgan fingerprint density at radius 3 is 1.12 bits per heavy atom. The van der Waals surface area contributed by atoms with Gasteiger partial charge in [-0.1, -0.05) is 73.7 Å². The second-order valence-electron chi connectivity index (χ2n) is 34.5. The number of ether oxygens (including phenoxy) is 4. The van der Waals surface area contributed by atoms with E-state index in [0.717, 1.165) is 45.0 Å². The number of aryl methyl sites for hydroxylation is 2. The zero-order chi connectivity index (χ0) is 108. The van der Waals surface area contributed by atoms with E-state index in [9.17, 15) is 127 Å². The van der Waals surface area contributed by atoms with E-state index in [1.54, 1.807) is 43.4 Å². The number of nitrogens with one attached hydrogen (secondary N) is 6. The van der Waals surface area contributed by atoms with Gasteiger partial charge in [-0.05, 0) is 153 Å². The van der Waals surface area contributed by atoms with E-state index in [1.807, 2.05) is 22.8 Å². The number of rotatable bonds is 28. The normalized spacial score (nSPS) is 14.1. The zero-order valence-corrected chi connectivity index (χ0v) is 78.8. The van der Waals surface area contributed by atoms with Gasteiger partial charge in [0.15, 0.2) is 0 Å². The van der Waals surface area contributed by atoms with Crippen molar-refractivity contribution in [2.45, 2.75) is 145 Å². The molecule has 0 radical (unpaired) electrons. The maximum absolute atomic E-state index is 15.0. The van der Waals surface area contributed by atoms with Gasteiger partial charge in [0.1, 0.15) is 93.6 Å². The second-order valence-corrected chi connectivity index (χ2v) is 34.5. The van der Waals surface area contributed by atoms with Gasteiger partial charge in [0, 0.05) is 126 Å². The summed E-state index contributed by atoms with van der Waals surface area (Å²) in [5.41, 5.74) is -8.20. The van der Waals surface area contributed by atoms with Crippen LogP contribution in [0.15, 0.2) is 179 Å². The van der Waals surface area contributed by atoms with E-state index >= 15 is 8.78 Å². The lowest BCUT2D eigenvalue weighted by Gasteiger charge is -2.23. The highest BCUT2D eigenvalue weighted by molar-refractivity contribution is 6.04. The highest BCUT2D eigenvalue weighted by Crippen LogP contribution is 2.48. The SMILES string of the molecule is CC[C@@H](Nc1cc(F)c(C(=O)N[C@@H](Cc2ccc(-c3c(C(F)(F)F)cc(C4CC4)n(C)c3=O)c3ncccc23)C(=O)OC)c(F)c1)C(F)(F)F.COC(=O)[C@H](Cc1ccc(-c2c(C(F)(F)F)cc(C)n(C)c2=O)c2ncccc12)NC(=O)c1c(F)cc(N[C@H](C2CC2)C(F)(F)F)cc1F.COC(=O)[C@H](Cc1ccc(-c2c(OC)c3ccccc3n(C)c2=O)c2ncccc12)NC(=O)c1c(F)cc(N[C@H](C)C(F)(F)F)cc1F. The van der Waals surface area contributed by atoms with Crippen LogP contribution in [0, 0.1) is 47.7 Å². The van der Waals surface area contributed by atoms with Crippen LogP contribution >= 0.6 is 0 Å². The monoisotopic (exact) mass is 2070 g/mol. The van der Waals surface area contributed by atoms with Crippen molar-refractivity contribution in [2.24, 2.45) is 27.1 Å².